The number of aromatic nitrogens is 1. The lowest BCUT2D eigenvalue weighted by Gasteiger charge is -2.14. The van der Waals surface area contributed by atoms with Crippen molar-refractivity contribution in [2.45, 2.75) is 39.7 Å². The second-order valence-corrected chi connectivity index (χ2v) is 6.54. The van der Waals surface area contributed by atoms with E-state index in [0.29, 0.717) is 28.6 Å². The number of hydrogen-bond acceptors (Lipinski definition) is 5. The molecule has 1 fully saturated rings. The first-order chi connectivity index (χ1) is 10.4. The Kier molecular flexibility index (Phi) is 3.22. The Labute approximate surface area is 129 Å². The minimum absolute atomic E-state index is 0.177. The van der Waals surface area contributed by atoms with Crippen molar-refractivity contribution in [1.29, 1.82) is 5.26 Å². The summed E-state index contributed by atoms with van der Waals surface area (Å²) in [5, 5.41) is 18.6. The number of nitrogens with zero attached hydrogens (tertiary/aromatic N) is 2. The lowest BCUT2D eigenvalue weighted by molar-refractivity contribution is 0.248. The first-order valence-corrected chi connectivity index (χ1v) is 7.29. The van der Waals surface area contributed by atoms with Gasteiger partial charge in [0.1, 0.15) is 35.6 Å². The fraction of sp³-hybridized carbons (Fsp3) is 0.412. The molecule has 0 unspecified atom stereocenters. The zero-order valence-corrected chi connectivity index (χ0v) is 13.0. The van der Waals surface area contributed by atoms with Crippen molar-refractivity contribution < 1.29 is 9.52 Å². The molecule has 0 spiro atoms. The molecule has 2 heterocycles. The van der Waals surface area contributed by atoms with E-state index >= 15 is 0 Å². The van der Waals surface area contributed by atoms with Gasteiger partial charge < -0.3 is 15.3 Å². The Morgan fingerprint density at radius 1 is 1.50 bits per heavy atom. The molecule has 0 amide bonds. The van der Waals surface area contributed by atoms with Crippen LogP contribution in [-0.2, 0) is 6.61 Å². The van der Waals surface area contributed by atoms with Gasteiger partial charge in [0.2, 0.25) is 0 Å². The Hall–Kier alpha value is -2.32. The molecule has 5 nitrogen and oxygen atoms in total. The Bertz CT molecular complexity index is 784. The molecular weight excluding hydrogens is 278 g/mol. The van der Waals surface area contributed by atoms with Crippen LogP contribution in [-0.4, -0.2) is 10.1 Å². The van der Waals surface area contributed by atoms with Gasteiger partial charge in [-0.15, -0.1) is 0 Å². The summed E-state index contributed by atoms with van der Waals surface area (Å²) in [7, 11) is 0. The van der Waals surface area contributed by atoms with Crippen molar-refractivity contribution in [2.24, 2.45) is 5.41 Å². The van der Waals surface area contributed by atoms with Gasteiger partial charge in [-0.3, -0.25) is 0 Å². The van der Waals surface area contributed by atoms with Crippen LogP contribution >= 0.6 is 0 Å². The van der Waals surface area contributed by atoms with E-state index in [4.69, 9.17) is 10.2 Å². The van der Waals surface area contributed by atoms with Crippen LogP contribution in [0.2, 0.25) is 0 Å². The number of rotatable bonds is 3. The van der Waals surface area contributed by atoms with Crippen LogP contribution in [0.5, 0.6) is 0 Å². The van der Waals surface area contributed by atoms with Crippen LogP contribution in [0.3, 0.4) is 0 Å². The van der Waals surface area contributed by atoms with E-state index in [0.717, 1.165) is 17.7 Å². The quantitative estimate of drug-likeness (QED) is 0.907. The highest BCUT2D eigenvalue weighted by molar-refractivity contribution is 5.76. The van der Waals surface area contributed by atoms with Gasteiger partial charge in [0.15, 0.2) is 0 Å². The lowest BCUT2D eigenvalue weighted by Crippen LogP contribution is -2.06. The second kappa shape index (κ2) is 4.85. The normalized spacial score (nSPS) is 19.0. The van der Waals surface area contributed by atoms with Crippen molar-refractivity contribution >= 4 is 5.82 Å². The maximum absolute atomic E-state index is 9.44. The van der Waals surface area contributed by atoms with Gasteiger partial charge in [-0.2, -0.15) is 5.26 Å². The molecule has 3 rings (SSSR count). The molecule has 0 aliphatic heterocycles. The first kappa shape index (κ1) is 14.6. The fourth-order valence-electron chi connectivity index (χ4n) is 3.00. The molecular formula is C17H19N3O2. The first-order valence-electron chi connectivity index (χ1n) is 7.29. The predicted molar refractivity (Wildman–Crippen MR) is 82.9 cm³/mol. The predicted octanol–water partition coefficient (Wildman–Crippen LogP) is 3.11. The van der Waals surface area contributed by atoms with Crippen LogP contribution in [0.15, 0.2) is 16.5 Å². The number of nitrogen functional groups attached to an aromatic ring is 1. The largest absolute Gasteiger partial charge is 0.459 e. The highest BCUT2D eigenvalue weighted by Crippen LogP contribution is 2.59. The smallest absolute Gasteiger partial charge is 0.142 e. The average Bonchev–Trinajstić information content (AvgIpc) is 2.89. The molecule has 2 aromatic rings. The molecule has 0 radical (unpaired) electrons. The van der Waals surface area contributed by atoms with Crippen molar-refractivity contribution in [3.63, 3.8) is 0 Å². The Morgan fingerprint density at radius 2 is 2.18 bits per heavy atom. The zero-order valence-electron chi connectivity index (χ0n) is 13.0. The number of pyridine rings is 1. The SMILES string of the molecule is Cc1c([C@@H]2CC2(C)C)nc(N)c(C#N)c1-c1ccc(CO)o1. The number of nitriles is 1. The van der Waals surface area contributed by atoms with Gasteiger partial charge in [-0.05, 0) is 36.5 Å². The minimum Gasteiger partial charge on any atom is -0.459 e. The fourth-order valence-corrected chi connectivity index (χ4v) is 3.00. The Balaban J connectivity index is 2.21. The number of hydrogen-bond donors (Lipinski definition) is 2. The standard InChI is InChI=1S/C17H19N3O2/c1-9-14(13-5-4-10(8-21)22-13)11(7-18)16(19)20-15(9)12-6-17(12,2)3/h4-5,12,21H,6,8H2,1-3H3,(H2,19,20)/t12-/m0/s1. The topological polar surface area (TPSA) is 96.1 Å². The third-order valence-electron chi connectivity index (χ3n) is 4.53. The van der Waals surface area contributed by atoms with Gasteiger partial charge in [0, 0.05) is 11.5 Å². The zero-order chi connectivity index (χ0) is 16.1. The minimum atomic E-state index is -0.177. The molecule has 0 aromatic carbocycles. The van der Waals surface area contributed by atoms with Crippen molar-refractivity contribution in [1.82, 2.24) is 4.98 Å². The van der Waals surface area contributed by atoms with E-state index < -0.39 is 0 Å². The number of nitrogens with two attached hydrogens (primary N) is 1. The molecule has 1 saturated carbocycles. The number of aliphatic hydroxyl groups excluding tert-OH is 1. The molecule has 114 valence electrons. The summed E-state index contributed by atoms with van der Waals surface area (Å²) in [5.74, 6) is 1.60. The third-order valence-corrected chi connectivity index (χ3v) is 4.53. The van der Waals surface area contributed by atoms with Gasteiger partial charge in [-0.1, -0.05) is 13.8 Å². The van der Waals surface area contributed by atoms with E-state index in [1.54, 1.807) is 12.1 Å². The molecule has 1 atom stereocenters. The molecule has 1 aliphatic rings. The highest BCUT2D eigenvalue weighted by Gasteiger charge is 2.48. The summed E-state index contributed by atoms with van der Waals surface area (Å²) in [6.45, 7) is 6.17. The monoisotopic (exact) mass is 297 g/mol. The molecule has 1 aliphatic carbocycles. The Morgan fingerprint density at radius 3 is 2.68 bits per heavy atom. The van der Waals surface area contributed by atoms with Gasteiger partial charge in [-0.25, -0.2) is 4.98 Å². The molecule has 5 heteroatoms. The molecule has 0 bridgehead atoms. The van der Waals surface area contributed by atoms with Crippen molar-refractivity contribution in [3.8, 4) is 17.4 Å². The van der Waals surface area contributed by atoms with Crippen LogP contribution in [0.4, 0.5) is 5.82 Å². The number of furan rings is 1. The molecule has 2 aromatic heterocycles. The van der Waals surface area contributed by atoms with Crippen LogP contribution < -0.4 is 5.73 Å². The van der Waals surface area contributed by atoms with E-state index in [9.17, 15) is 10.4 Å². The molecule has 3 N–H and O–H groups in total. The second-order valence-electron chi connectivity index (χ2n) is 6.54. The molecule has 22 heavy (non-hydrogen) atoms. The maximum Gasteiger partial charge on any atom is 0.142 e. The third kappa shape index (κ3) is 2.16. The highest BCUT2D eigenvalue weighted by atomic mass is 16.4. The van der Waals surface area contributed by atoms with E-state index in [2.05, 4.69) is 24.9 Å². The summed E-state index contributed by atoms with van der Waals surface area (Å²) in [5.41, 5.74) is 9.12. The van der Waals surface area contributed by atoms with E-state index in [-0.39, 0.29) is 17.8 Å². The summed E-state index contributed by atoms with van der Waals surface area (Å²) in [4.78, 5) is 4.48. The van der Waals surface area contributed by atoms with Crippen LogP contribution in [0.1, 0.15) is 48.8 Å². The number of anilines is 1. The van der Waals surface area contributed by atoms with Crippen molar-refractivity contribution in [3.05, 3.63) is 34.7 Å². The molecule has 0 saturated heterocycles. The van der Waals surface area contributed by atoms with Crippen molar-refractivity contribution in [2.75, 3.05) is 5.73 Å². The van der Waals surface area contributed by atoms with Crippen LogP contribution in [0, 0.1) is 23.7 Å². The summed E-state index contributed by atoms with van der Waals surface area (Å²) in [6.07, 6.45) is 1.06. The summed E-state index contributed by atoms with van der Waals surface area (Å²) >= 11 is 0. The van der Waals surface area contributed by atoms with Gasteiger partial charge in [0.25, 0.3) is 0 Å². The van der Waals surface area contributed by atoms with Gasteiger partial charge >= 0.3 is 0 Å². The van der Waals surface area contributed by atoms with Gasteiger partial charge in [0.05, 0.1) is 5.69 Å². The average molecular weight is 297 g/mol. The van der Waals surface area contributed by atoms with E-state index in [1.165, 1.54) is 0 Å². The number of aliphatic hydroxyl groups is 1. The van der Waals surface area contributed by atoms with Crippen LogP contribution in [0.25, 0.3) is 11.3 Å². The van der Waals surface area contributed by atoms with E-state index in [1.807, 2.05) is 6.92 Å². The summed E-state index contributed by atoms with van der Waals surface area (Å²) in [6, 6.07) is 5.59. The lowest BCUT2D eigenvalue weighted by atomic mass is 9.95. The maximum atomic E-state index is 9.44. The summed E-state index contributed by atoms with van der Waals surface area (Å²) < 4.78 is 5.62.